The molecule has 226 valence electrons. The minimum atomic E-state index is -1.02. The Morgan fingerprint density at radius 3 is 2.14 bits per heavy atom. The van der Waals surface area contributed by atoms with E-state index in [9.17, 15) is 24.5 Å². The summed E-state index contributed by atoms with van der Waals surface area (Å²) >= 11 is 5.19. The second-order valence-electron chi connectivity index (χ2n) is 8.91. The Morgan fingerprint density at radius 2 is 1.52 bits per heavy atom. The van der Waals surface area contributed by atoms with Gasteiger partial charge in [-0.15, -0.1) is 10.1 Å². The highest BCUT2D eigenvalue weighted by Gasteiger charge is 2.22. The van der Waals surface area contributed by atoms with Crippen molar-refractivity contribution in [3.63, 3.8) is 0 Å². The number of esters is 3. The van der Waals surface area contributed by atoms with Gasteiger partial charge in [0.15, 0.2) is 0 Å². The van der Waals surface area contributed by atoms with Crippen LogP contribution < -0.4 is 14.2 Å². The molecule has 0 N–H and O–H groups in total. The van der Waals surface area contributed by atoms with Crippen molar-refractivity contribution in [2.24, 2.45) is 10.2 Å². The average molecular weight is 654 g/mol. The Hall–Kier alpha value is -4.86. The molecule has 0 spiro atoms. The van der Waals surface area contributed by atoms with E-state index in [0.29, 0.717) is 11.4 Å². The minimum Gasteiger partial charge on any atom is -0.427 e. The molecule has 1 aromatic heterocycles. The molecule has 12 nitrogen and oxygen atoms in total. The lowest BCUT2D eigenvalue weighted by Gasteiger charge is -2.14. The highest BCUT2D eigenvalue weighted by molar-refractivity contribution is 7.80. The minimum absolute atomic E-state index is 0.136. The molecular weight excluding hydrogens is 631 g/mol. The van der Waals surface area contributed by atoms with Gasteiger partial charge >= 0.3 is 17.9 Å². The SMILES string of the molecule is CCC(CC(=O)Oc1ccc(N=Nc2ccc(OC(C)=O)cc2)cc1C(=O)Oc1ccc(-c2cc(=S)ss2)cc1)O[N+](=O)[O-]. The summed E-state index contributed by atoms with van der Waals surface area (Å²) in [4.78, 5) is 53.2. The van der Waals surface area contributed by atoms with Gasteiger partial charge in [-0.2, -0.15) is 10.2 Å². The number of nitrogens with zero attached hydrogens (tertiary/aromatic N) is 3. The van der Waals surface area contributed by atoms with Crippen LogP contribution in [-0.2, 0) is 14.4 Å². The van der Waals surface area contributed by atoms with E-state index >= 15 is 0 Å². The van der Waals surface area contributed by atoms with E-state index < -0.39 is 35.5 Å². The van der Waals surface area contributed by atoms with Crippen LogP contribution in [-0.4, -0.2) is 29.1 Å². The summed E-state index contributed by atoms with van der Waals surface area (Å²) in [5, 5.41) is 18.0. The van der Waals surface area contributed by atoms with Crippen LogP contribution in [0.3, 0.4) is 0 Å². The third kappa shape index (κ3) is 9.32. The first-order chi connectivity index (χ1) is 21.1. The van der Waals surface area contributed by atoms with Crippen molar-refractivity contribution < 1.29 is 38.5 Å². The van der Waals surface area contributed by atoms with E-state index in [1.165, 1.54) is 45.8 Å². The fraction of sp³-hybridized carbons (Fsp3) is 0.172. The van der Waals surface area contributed by atoms with Crippen LogP contribution in [0, 0.1) is 13.9 Å². The molecule has 1 unspecified atom stereocenters. The number of hydrogen-bond acceptors (Lipinski definition) is 14. The molecule has 1 heterocycles. The standard InChI is InChI=1S/C29H23N3O9S3/c1-3-21(41-32(36)37)15-27(34)40-25-13-8-20(31-30-19-6-11-22(12-7-19)38-17(2)33)14-24(25)29(35)39-23-9-4-18(5-10-23)26-16-28(42)44-43-26/h4-14,16,21H,3,15H2,1-2H3. The summed E-state index contributed by atoms with van der Waals surface area (Å²) in [6.45, 7) is 2.91. The van der Waals surface area contributed by atoms with Crippen molar-refractivity contribution in [2.45, 2.75) is 32.8 Å². The summed E-state index contributed by atoms with van der Waals surface area (Å²) in [5.74, 6) is -1.72. The van der Waals surface area contributed by atoms with E-state index in [2.05, 4.69) is 15.1 Å². The summed E-state index contributed by atoms with van der Waals surface area (Å²) < 4.78 is 16.7. The maximum Gasteiger partial charge on any atom is 0.347 e. The molecule has 0 saturated heterocycles. The van der Waals surface area contributed by atoms with Gasteiger partial charge in [0.05, 0.1) is 17.8 Å². The van der Waals surface area contributed by atoms with E-state index in [-0.39, 0.29) is 29.2 Å². The fourth-order valence-corrected chi connectivity index (χ4v) is 6.04. The first-order valence-corrected chi connectivity index (χ1v) is 15.4. The fourth-order valence-electron chi connectivity index (χ4n) is 3.64. The van der Waals surface area contributed by atoms with Gasteiger partial charge < -0.3 is 19.0 Å². The molecule has 0 aliphatic carbocycles. The zero-order valence-electron chi connectivity index (χ0n) is 23.2. The van der Waals surface area contributed by atoms with Crippen LogP contribution in [0.1, 0.15) is 37.0 Å². The highest BCUT2D eigenvalue weighted by atomic mass is 32.9. The topological polar surface area (TPSA) is 156 Å². The summed E-state index contributed by atoms with van der Waals surface area (Å²) in [7, 11) is 3.02. The van der Waals surface area contributed by atoms with Crippen LogP contribution in [0.2, 0.25) is 0 Å². The van der Waals surface area contributed by atoms with Crippen LogP contribution >= 0.6 is 32.9 Å². The van der Waals surface area contributed by atoms with Crippen molar-refractivity contribution in [2.75, 3.05) is 0 Å². The molecule has 0 bridgehead atoms. The van der Waals surface area contributed by atoms with Gasteiger partial charge in [0.25, 0.3) is 5.09 Å². The molecule has 4 aromatic rings. The van der Waals surface area contributed by atoms with Crippen LogP contribution in [0.4, 0.5) is 11.4 Å². The predicted octanol–water partition coefficient (Wildman–Crippen LogP) is 8.05. The number of ether oxygens (including phenoxy) is 3. The second-order valence-corrected chi connectivity index (χ2v) is 11.8. The molecule has 0 fully saturated rings. The van der Waals surface area contributed by atoms with Crippen molar-refractivity contribution in [1.29, 1.82) is 0 Å². The molecule has 0 saturated carbocycles. The molecule has 3 aromatic carbocycles. The Labute approximate surface area is 263 Å². The van der Waals surface area contributed by atoms with Crippen molar-refractivity contribution in [1.82, 2.24) is 0 Å². The largest absolute Gasteiger partial charge is 0.427 e. The van der Waals surface area contributed by atoms with Crippen LogP contribution in [0.5, 0.6) is 17.2 Å². The van der Waals surface area contributed by atoms with Crippen molar-refractivity contribution in [3.05, 3.63) is 92.3 Å². The zero-order valence-corrected chi connectivity index (χ0v) is 25.6. The lowest BCUT2D eigenvalue weighted by atomic mass is 10.1. The number of benzene rings is 3. The lowest BCUT2D eigenvalue weighted by Crippen LogP contribution is -2.23. The quantitative estimate of drug-likeness (QED) is 0.0279. The van der Waals surface area contributed by atoms with Gasteiger partial charge in [-0.1, -0.05) is 39.8 Å². The molecule has 0 radical (unpaired) electrons. The van der Waals surface area contributed by atoms with Gasteiger partial charge in [-0.05, 0) is 84.8 Å². The first kappa shape index (κ1) is 32.1. The molecular formula is C29H23N3O9S3. The monoisotopic (exact) mass is 653 g/mol. The Balaban J connectivity index is 1.56. The van der Waals surface area contributed by atoms with Gasteiger partial charge in [-0.3, -0.25) is 9.59 Å². The van der Waals surface area contributed by atoms with Crippen LogP contribution in [0.15, 0.2) is 83.0 Å². The van der Waals surface area contributed by atoms with E-state index in [4.69, 9.17) is 26.4 Å². The molecule has 0 amide bonds. The second kappa shape index (κ2) is 15.0. The number of hydrogen-bond donors (Lipinski definition) is 0. The Morgan fingerprint density at radius 1 is 0.886 bits per heavy atom. The summed E-state index contributed by atoms with van der Waals surface area (Å²) in [5.41, 5.74) is 1.44. The Kier molecular flexibility index (Phi) is 11.0. The maximum atomic E-state index is 13.3. The Bertz CT molecular complexity index is 1750. The predicted molar refractivity (Wildman–Crippen MR) is 164 cm³/mol. The highest BCUT2D eigenvalue weighted by Crippen LogP contribution is 2.32. The first-order valence-electron chi connectivity index (χ1n) is 12.9. The van der Waals surface area contributed by atoms with Gasteiger partial charge in [0.1, 0.15) is 32.7 Å². The maximum absolute atomic E-state index is 13.3. The van der Waals surface area contributed by atoms with Crippen molar-refractivity contribution in [3.8, 4) is 27.7 Å². The average Bonchev–Trinajstić information content (AvgIpc) is 3.43. The van der Waals surface area contributed by atoms with Gasteiger partial charge in [0, 0.05) is 11.8 Å². The molecule has 1 atom stereocenters. The van der Waals surface area contributed by atoms with Gasteiger partial charge in [-0.25, -0.2) is 4.79 Å². The van der Waals surface area contributed by atoms with Gasteiger partial charge in [0.2, 0.25) is 0 Å². The van der Waals surface area contributed by atoms with Crippen molar-refractivity contribution >= 4 is 62.2 Å². The third-order valence-corrected chi connectivity index (χ3v) is 8.59. The van der Waals surface area contributed by atoms with E-state index in [1.54, 1.807) is 55.5 Å². The molecule has 44 heavy (non-hydrogen) atoms. The zero-order chi connectivity index (χ0) is 31.6. The third-order valence-electron chi connectivity index (χ3n) is 5.68. The summed E-state index contributed by atoms with van der Waals surface area (Å²) in [6.07, 6.45) is -1.26. The number of carbonyl (C=O) groups is 3. The van der Waals surface area contributed by atoms with Crippen LogP contribution in [0.25, 0.3) is 10.4 Å². The molecule has 4 rings (SSSR count). The molecule has 0 aliphatic heterocycles. The molecule has 15 heteroatoms. The number of azo groups is 1. The van der Waals surface area contributed by atoms with E-state index in [0.717, 1.165) is 14.3 Å². The normalized spacial score (nSPS) is 11.5. The lowest BCUT2D eigenvalue weighted by molar-refractivity contribution is -0.768. The number of carbonyl (C=O) groups excluding carboxylic acids is 3. The number of rotatable bonds is 12. The summed E-state index contributed by atoms with van der Waals surface area (Å²) in [6, 6.07) is 19.1. The smallest absolute Gasteiger partial charge is 0.347 e. The van der Waals surface area contributed by atoms with E-state index in [1.807, 2.05) is 6.07 Å². The molecule has 0 aliphatic rings.